The molecule has 0 radical (unpaired) electrons. The molecule has 3 N–H and O–H groups in total. The van der Waals surface area contributed by atoms with Crippen molar-refractivity contribution in [1.29, 1.82) is 0 Å². The summed E-state index contributed by atoms with van der Waals surface area (Å²) in [6, 6.07) is 13.6. The van der Waals surface area contributed by atoms with E-state index in [0.29, 0.717) is 22.0 Å². The second kappa shape index (κ2) is 8.57. The normalized spacial score (nSPS) is 10.4. The van der Waals surface area contributed by atoms with E-state index in [1.54, 1.807) is 36.4 Å². The first-order valence-electron chi connectivity index (χ1n) is 8.49. The molecule has 3 aromatic rings. The van der Waals surface area contributed by atoms with Crippen LogP contribution in [0.15, 0.2) is 59.5 Å². The highest BCUT2D eigenvalue weighted by Gasteiger charge is 2.18. The molecule has 2 aromatic carbocycles. The van der Waals surface area contributed by atoms with E-state index in [0.717, 1.165) is 10.8 Å². The van der Waals surface area contributed by atoms with Gasteiger partial charge in [0, 0.05) is 17.4 Å². The highest BCUT2D eigenvalue weighted by atomic mass is 35.5. The van der Waals surface area contributed by atoms with Gasteiger partial charge in [-0.2, -0.15) is 0 Å². The Bertz CT molecular complexity index is 1130. The Balaban J connectivity index is 1.95. The Morgan fingerprint density at radius 3 is 2.55 bits per heavy atom. The van der Waals surface area contributed by atoms with E-state index in [1.165, 1.54) is 13.2 Å². The van der Waals surface area contributed by atoms with Gasteiger partial charge in [-0.05, 0) is 18.2 Å². The van der Waals surface area contributed by atoms with Crippen LogP contribution < -0.4 is 21.3 Å². The van der Waals surface area contributed by atoms with E-state index in [9.17, 15) is 14.4 Å². The molecule has 0 fully saturated rings. The molecule has 0 spiro atoms. The highest BCUT2D eigenvalue weighted by Crippen LogP contribution is 2.27. The first kappa shape index (κ1) is 20.1. The van der Waals surface area contributed by atoms with Gasteiger partial charge in [0.15, 0.2) is 0 Å². The smallest absolute Gasteiger partial charge is 0.267 e. The van der Waals surface area contributed by atoms with Crippen molar-refractivity contribution < 1.29 is 14.3 Å². The lowest BCUT2D eigenvalue weighted by Gasteiger charge is -2.13. The Morgan fingerprint density at radius 1 is 1.21 bits per heavy atom. The molecule has 0 aliphatic carbocycles. The molecule has 0 atom stereocenters. The molecule has 0 aliphatic heterocycles. The quantitative estimate of drug-likeness (QED) is 0.644. The van der Waals surface area contributed by atoms with Gasteiger partial charge in [0.05, 0.1) is 12.1 Å². The zero-order valence-corrected chi connectivity index (χ0v) is 16.1. The Kier molecular flexibility index (Phi) is 5.94. The number of primary amides is 1. The van der Waals surface area contributed by atoms with Crippen LogP contribution in [0.2, 0.25) is 5.02 Å². The van der Waals surface area contributed by atoms with Crippen molar-refractivity contribution in [3.8, 4) is 17.1 Å². The fourth-order valence-electron chi connectivity index (χ4n) is 2.71. The number of benzene rings is 2. The topological polar surface area (TPSA) is 116 Å². The second-order valence-electron chi connectivity index (χ2n) is 6.01. The molecule has 3 rings (SSSR count). The minimum Gasteiger partial charge on any atom is -0.495 e. The monoisotopic (exact) mass is 412 g/mol. The maximum absolute atomic E-state index is 12.7. The molecule has 148 valence electrons. The molecule has 8 nitrogen and oxygen atoms in total. The second-order valence-corrected chi connectivity index (χ2v) is 6.42. The third-order valence-electron chi connectivity index (χ3n) is 4.08. The van der Waals surface area contributed by atoms with Crippen LogP contribution in [0, 0.1) is 0 Å². The molecule has 0 unspecified atom stereocenters. The number of nitrogens with zero attached hydrogens (tertiary/aromatic N) is 2. The van der Waals surface area contributed by atoms with Crippen molar-refractivity contribution in [2.24, 2.45) is 5.73 Å². The predicted molar refractivity (Wildman–Crippen MR) is 109 cm³/mol. The zero-order valence-electron chi connectivity index (χ0n) is 15.4. The summed E-state index contributed by atoms with van der Waals surface area (Å²) in [6.07, 6.45) is 1.12. The van der Waals surface area contributed by atoms with E-state index >= 15 is 0 Å². The molecule has 29 heavy (non-hydrogen) atoms. The number of methoxy groups -OCH3 is 1. The van der Waals surface area contributed by atoms with E-state index < -0.39 is 17.4 Å². The van der Waals surface area contributed by atoms with Gasteiger partial charge >= 0.3 is 0 Å². The van der Waals surface area contributed by atoms with Gasteiger partial charge in [-0.25, -0.2) is 4.98 Å². The SMILES string of the molecule is COc1ccc(NC(=O)Cn2c(-c3ccccc3)ncc(C(N)=O)c2=O)cc1Cl. The van der Waals surface area contributed by atoms with Gasteiger partial charge in [-0.1, -0.05) is 41.9 Å². The van der Waals surface area contributed by atoms with Crippen LogP contribution in [0.4, 0.5) is 5.69 Å². The zero-order chi connectivity index (χ0) is 21.0. The Morgan fingerprint density at radius 2 is 1.93 bits per heavy atom. The molecule has 0 aliphatic rings. The number of amides is 2. The van der Waals surface area contributed by atoms with Crippen molar-refractivity contribution in [3.63, 3.8) is 0 Å². The van der Waals surface area contributed by atoms with Crippen LogP contribution in [-0.4, -0.2) is 28.5 Å². The summed E-state index contributed by atoms with van der Waals surface area (Å²) in [7, 11) is 1.48. The van der Waals surface area contributed by atoms with Crippen LogP contribution >= 0.6 is 11.6 Å². The van der Waals surface area contributed by atoms with Crippen LogP contribution in [0.3, 0.4) is 0 Å². The molecular formula is C20H17ClN4O4. The average molecular weight is 413 g/mol. The Labute approximate surface area is 170 Å². The van der Waals surface area contributed by atoms with Gasteiger partial charge in [0.25, 0.3) is 11.5 Å². The number of carbonyl (C=O) groups is 2. The Hall–Kier alpha value is -3.65. The van der Waals surface area contributed by atoms with E-state index in [-0.39, 0.29) is 17.9 Å². The van der Waals surface area contributed by atoms with E-state index in [4.69, 9.17) is 22.1 Å². The summed E-state index contributed by atoms with van der Waals surface area (Å²) in [5, 5.41) is 2.98. The number of halogens is 1. The highest BCUT2D eigenvalue weighted by molar-refractivity contribution is 6.32. The van der Waals surface area contributed by atoms with Gasteiger partial charge in [-0.15, -0.1) is 0 Å². The fraction of sp³-hybridized carbons (Fsp3) is 0.100. The van der Waals surface area contributed by atoms with Gasteiger partial charge in [0.2, 0.25) is 5.91 Å². The van der Waals surface area contributed by atoms with E-state index in [2.05, 4.69) is 10.3 Å². The number of nitrogens with one attached hydrogen (secondary N) is 1. The van der Waals surface area contributed by atoms with Crippen LogP contribution in [-0.2, 0) is 11.3 Å². The lowest BCUT2D eigenvalue weighted by molar-refractivity contribution is -0.116. The van der Waals surface area contributed by atoms with E-state index in [1.807, 2.05) is 6.07 Å². The van der Waals surface area contributed by atoms with Crippen LogP contribution in [0.5, 0.6) is 5.75 Å². The van der Waals surface area contributed by atoms with Crippen molar-refractivity contribution in [1.82, 2.24) is 9.55 Å². The minimum atomic E-state index is -0.918. The summed E-state index contributed by atoms with van der Waals surface area (Å²) in [6.45, 7) is -0.374. The van der Waals surface area contributed by atoms with Crippen LogP contribution in [0.25, 0.3) is 11.4 Å². The van der Waals surface area contributed by atoms with Gasteiger partial charge in [-0.3, -0.25) is 19.0 Å². The van der Waals surface area contributed by atoms with Crippen molar-refractivity contribution in [2.45, 2.75) is 6.54 Å². The third-order valence-corrected chi connectivity index (χ3v) is 4.38. The van der Waals surface area contributed by atoms with Crippen molar-refractivity contribution in [2.75, 3.05) is 12.4 Å². The number of nitrogens with two attached hydrogens (primary N) is 1. The molecule has 0 saturated heterocycles. The van der Waals surface area contributed by atoms with Gasteiger partial charge < -0.3 is 15.8 Å². The number of aromatic nitrogens is 2. The lowest BCUT2D eigenvalue weighted by Crippen LogP contribution is -2.34. The summed E-state index contributed by atoms with van der Waals surface area (Å²) in [5.74, 6) is -0.721. The van der Waals surface area contributed by atoms with Crippen LogP contribution in [0.1, 0.15) is 10.4 Å². The molecule has 0 bridgehead atoms. The number of hydrogen-bond donors (Lipinski definition) is 2. The van der Waals surface area contributed by atoms with Crippen molar-refractivity contribution in [3.05, 3.63) is 75.7 Å². The predicted octanol–water partition coefficient (Wildman–Crippen LogP) is 2.31. The minimum absolute atomic E-state index is 0.239. The third kappa shape index (κ3) is 4.44. The number of carbonyl (C=O) groups excluding carboxylic acids is 2. The molecule has 2 amide bonds. The molecule has 9 heteroatoms. The number of rotatable bonds is 6. The standard InChI is InChI=1S/C20H17ClN4O4/c1-29-16-8-7-13(9-15(16)21)24-17(26)11-25-19(12-5-3-2-4-6-12)23-10-14(18(22)27)20(25)28/h2-10H,11H2,1H3,(H2,22,27)(H,24,26). The first-order valence-corrected chi connectivity index (χ1v) is 8.87. The molecule has 1 heterocycles. The summed E-state index contributed by atoms with van der Waals surface area (Å²) in [5.41, 5.74) is 5.29. The summed E-state index contributed by atoms with van der Waals surface area (Å²) >= 11 is 6.07. The fourth-order valence-corrected chi connectivity index (χ4v) is 2.97. The van der Waals surface area contributed by atoms with Gasteiger partial charge in [0.1, 0.15) is 23.7 Å². The maximum Gasteiger partial charge on any atom is 0.267 e. The average Bonchev–Trinajstić information content (AvgIpc) is 2.70. The number of hydrogen-bond acceptors (Lipinski definition) is 5. The molecule has 1 aromatic heterocycles. The summed E-state index contributed by atoms with van der Waals surface area (Å²) < 4.78 is 6.18. The first-order chi connectivity index (χ1) is 13.9. The maximum atomic E-state index is 12.7. The lowest BCUT2D eigenvalue weighted by atomic mass is 10.2. The number of anilines is 1. The molecule has 0 saturated carbocycles. The largest absolute Gasteiger partial charge is 0.495 e. The van der Waals surface area contributed by atoms with Crippen molar-refractivity contribution >= 4 is 29.1 Å². The number of ether oxygens (including phenoxy) is 1. The molecular weight excluding hydrogens is 396 g/mol. The summed E-state index contributed by atoms with van der Waals surface area (Å²) in [4.78, 5) is 41.0.